The van der Waals surface area contributed by atoms with Gasteiger partial charge in [0.15, 0.2) is 5.82 Å². The standard InChI is InChI=1S/C16H24N6O/c1-16(2,3)12-5-7-17-15(18-12)21(4)11-14-20-19-13-6-9-23-10-8-22(13)14/h5,7H,6,8-11H2,1-4H3. The minimum absolute atomic E-state index is 0.00180. The Morgan fingerprint density at radius 1 is 1.26 bits per heavy atom. The van der Waals surface area contributed by atoms with Gasteiger partial charge >= 0.3 is 0 Å². The van der Waals surface area contributed by atoms with Gasteiger partial charge in [0.05, 0.1) is 25.5 Å². The maximum atomic E-state index is 5.51. The third kappa shape index (κ3) is 3.50. The van der Waals surface area contributed by atoms with Gasteiger partial charge in [0.2, 0.25) is 5.95 Å². The van der Waals surface area contributed by atoms with E-state index in [1.807, 2.05) is 24.2 Å². The lowest BCUT2D eigenvalue weighted by Gasteiger charge is -2.21. The van der Waals surface area contributed by atoms with Gasteiger partial charge in [-0.2, -0.15) is 0 Å². The molecular weight excluding hydrogens is 292 g/mol. The molecule has 2 aromatic heterocycles. The summed E-state index contributed by atoms with van der Waals surface area (Å²) in [5, 5.41) is 8.62. The smallest absolute Gasteiger partial charge is 0.225 e. The lowest BCUT2D eigenvalue weighted by molar-refractivity contribution is 0.139. The molecule has 0 atom stereocenters. The zero-order valence-corrected chi connectivity index (χ0v) is 14.3. The van der Waals surface area contributed by atoms with E-state index in [0.717, 1.165) is 30.3 Å². The molecule has 2 aromatic rings. The number of nitrogens with zero attached hydrogens (tertiary/aromatic N) is 6. The van der Waals surface area contributed by atoms with Crippen LogP contribution in [0.3, 0.4) is 0 Å². The van der Waals surface area contributed by atoms with Gasteiger partial charge in [0, 0.05) is 31.6 Å². The quantitative estimate of drug-likeness (QED) is 0.856. The first-order valence-corrected chi connectivity index (χ1v) is 7.98. The number of hydrogen-bond acceptors (Lipinski definition) is 6. The highest BCUT2D eigenvalue weighted by molar-refractivity contribution is 5.31. The molecule has 0 spiro atoms. The SMILES string of the molecule is CN(Cc1nnc2n1CCOCC2)c1nccc(C(C)(C)C)n1. The lowest BCUT2D eigenvalue weighted by atomic mass is 9.92. The van der Waals surface area contributed by atoms with Crippen molar-refractivity contribution in [2.24, 2.45) is 0 Å². The van der Waals surface area contributed by atoms with Gasteiger partial charge in [-0.1, -0.05) is 20.8 Å². The predicted octanol–water partition coefficient (Wildman–Crippen LogP) is 1.57. The van der Waals surface area contributed by atoms with E-state index in [4.69, 9.17) is 4.74 Å². The van der Waals surface area contributed by atoms with Crippen molar-refractivity contribution in [3.8, 4) is 0 Å². The van der Waals surface area contributed by atoms with Crippen LogP contribution in [0.2, 0.25) is 0 Å². The molecule has 3 rings (SSSR count). The number of rotatable bonds is 3. The van der Waals surface area contributed by atoms with Crippen LogP contribution in [0, 0.1) is 0 Å². The number of aromatic nitrogens is 5. The third-order valence-electron chi connectivity index (χ3n) is 3.96. The second-order valence-corrected chi connectivity index (χ2v) is 6.89. The van der Waals surface area contributed by atoms with Gasteiger partial charge in [-0.05, 0) is 6.07 Å². The van der Waals surface area contributed by atoms with Crippen LogP contribution >= 0.6 is 0 Å². The molecule has 1 aliphatic heterocycles. The number of ether oxygens (including phenoxy) is 1. The van der Waals surface area contributed by atoms with Crippen molar-refractivity contribution in [1.82, 2.24) is 24.7 Å². The van der Waals surface area contributed by atoms with Crippen LogP contribution < -0.4 is 4.90 Å². The van der Waals surface area contributed by atoms with Gasteiger partial charge in [0.25, 0.3) is 0 Å². The van der Waals surface area contributed by atoms with Crippen LogP contribution in [-0.2, 0) is 29.7 Å². The van der Waals surface area contributed by atoms with Crippen molar-refractivity contribution in [2.75, 3.05) is 25.2 Å². The van der Waals surface area contributed by atoms with E-state index in [2.05, 4.69) is 45.5 Å². The summed E-state index contributed by atoms with van der Waals surface area (Å²) in [5.41, 5.74) is 1.03. The predicted molar refractivity (Wildman–Crippen MR) is 87.4 cm³/mol. The summed E-state index contributed by atoms with van der Waals surface area (Å²) >= 11 is 0. The van der Waals surface area contributed by atoms with Crippen LogP contribution in [0.15, 0.2) is 12.3 Å². The molecule has 0 N–H and O–H groups in total. The normalized spacial score (nSPS) is 15.1. The average molecular weight is 316 g/mol. The van der Waals surface area contributed by atoms with Crippen molar-refractivity contribution in [2.45, 2.75) is 45.7 Å². The van der Waals surface area contributed by atoms with Gasteiger partial charge in [0.1, 0.15) is 5.82 Å². The van der Waals surface area contributed by atoms with Crippen LogP contribution in [0.1, 0.15) is 38.1 Å². The van der Waals surface area contributed by atoms with Crippen molar-refractivity contribution < 1.29 is 4.74 Å². The van der Waals surface area contributed by atoms with Crippen molar-refractivity contribution >= 4 is 5.95 Å². The molecule has 7 nitrogen and oxygen atoms in total. The minimum Gasteiger partial charge on any atom is -0.379 e. The largest absolute Gasteiger partial charge is 0.379 e. The fourth-order valence-corrected chi connectivity index (χ4v) is 2.59. The Bertz CT molecular complexity index is 675. The first-order valence-electron chi connectivity index (χ1n) is 7.98. The lowest BCUT2D eigenvalue weighted by Crippen LogP contribution is -2.24. The van der Waals surface area contributed by atoms with Gasteiger partial charge in [-0.25, -0.2) is 9.97 Å². The first-order chi connectivity index (χ1) is 10.9. The molecule has 0 unspecified atom stereocenters. The molecule has 0 amide bonds. The molecule has 0 saturated heterocycles. The fourth-order valence-electron chi connectivity index (χ4n) is 2.59. The zero-order valence-electron chi connectivity index (χ0n) is 14.3. The molecule has 0 aliphatic carbocycles. The molecule has 124 valence electrons. The Kier molecular flexibility index (Phi) is 4.30. The van der Waals surface area contributed by atoms with E-state index in [1.54, 1.807) is 0 Å². The summed E-state index contributed by atoms with van der Waals surface area (Å²) in [6.45, 7) is 9.30. The van der Waals surface area contributed by atoms with Crippen LogP contribution in [0.25, 0.3) is 0 Å². The summed E-state index contributed by atoms with van der Waals surface area (Å²) in [5.74, 6) is 2.63. The number of hydrogen-bond donors (Lipinski definition) is 0. The van der Waals surface area contributed by atoms with E-state index in [-0.39, 0.29) is 5.41 Å². The Labute approximate surface area is 136 Å². The summed E-state index contributed by atoms with van der Waals surface area (Å²) < 4.78 is 7.66. The van der Waals surface area contributed by atoms with E-state index in [0.29, 0.717) is 25.7 Å². The molecule has 0 radical (unpaired) electrons. The summed E-state index contributed by atoms with van der Waals surface area (Å²) in [6, 6.07) is 1.97. The van der Waals surface area contributed by atoms with Gasteiger partial charge in [-0.3, -0.25) is 0 Å². The summed E-state index contributed by atoms with van der Waals surface area (Å²) in [6.07, 6.45) is 2.63. The summed E-state index contributed by atoms with van der Waals surface area (Å²) in [4.78, 5) is 11.1. The van der Waals surface area contributed by atoms with E-state index in [1.165, 1.54) is 0 Å². The summed E-state index contributed by atoms with van der Waals surface area (Å²) in [7, 11) is 1.98. The Balaban J connectivity index is 1.80. The maximum Gasteiger partial charge on any atom is 0.225 e. The average Bonchev–Trinajstić information content (AvgIpc) is 2.74. The maximum absolute atomic E-state index is 5.51. The molecule has 1 aliphatic rings. The highest BCUT2D eigenvalue weighted by Crippen LogP contribution is 2.21. The second-order valence-electron chi connectivity index (χ2n) is 6.89. The molecule has 0 saturated carbocycles. The molecule has 7 heteroatoms. The van der Waals surface area contributed by atoms with Crippen molar-refractivity contribution in [1.29, 1.82) is 0 Å². The zero-order chi connectivity index (χ0) is 16.4. The Morgan fingerprint density at radius 3 is 2.87 bits per heavy atom. The van der Waals surface area contributed by atoms with Crippen LogP contribution in [0.4, 0.5) is 5.95 Å². The molecule has 3 heterocycles. The van der Waals surface area contributed by atoms with E-state index >= 15 is 0 Å². The molecule has 23 heavy (non-hydrogen) atoms. The number of anilines is 1. The monoisotopic (exact) mass is 316 g/mol. The van der Waals surface area contributed by atoms with E-state index in [9.17, 15) is 0 Å². The minimum atomic E-state index is 0.00180. The molecule has 0 fully saturated rings. The Morgan fingerprint density at radius 2 is 2.09 bits per heavy atom. The van der Waals surface area contributed by atoms with Crippen LogP contribution in [-0.4, -0.2) is 45.0 Å². The van der Waals surface area contributed by atoms with Crippen LogP contribution in [0.5, 0.6) is 0 Å². The van der Waals surface area contributed by atoms with E-state index < -0.39 is 0 Å². The molecule has 0 aromatic carbocycles. The van der Waals surface area contributed by atoms with Crippen molar-refractivity contribution in [3.63, 3.8) is 0 Å². The Hall–Kier alpha value is -2.02. The van der Waals surface area contributed by atoms with Gasteiger partial charge < -0.3 is 14.2 Å². The first kappa shape index (κ1) is 15.9. The second kappa shape index (κ2) is 6.23. The highest BCUT2D eigenvalue weighted by Gasteiger charge is 2.19. The topological polar surface area (TPSA) is 69.0 Å². The number of fused-ring (bicyclic) bond motifs is 1. The third-order valence-corrected chi connectivity index (χ3v) is 3.96. The highest BCUT2D eigenvalue weighted by atomic mass is 16.5. The molecular formula is C16H24N6O. The fraction of sp³-hybridized carbons (Fsp3) is 0.625. The van der Waals surface area contributed by atoms with Gasteiger partial charge in [-0.15, -0.1) is 10.2 Å². The van der Waals surface area contributed by atoms with Crippen molar-refractivity contribution in [3.05, 3.63) is 29.6 Å². The molecule has 0 bridgehead atoms.